The smallest absolute Gasteiger partial charge is 0.330 e. The van der Waals surface area contributed by atoms with E-state index in [4.69, 9.17) is 5.73 Å². The van der Waals surface area contributed by atoms with E-state index in [-0.39, 0.29) is 12.0 Å². The molecule has 0 amide bonds. The van der Waals surface area contributed by atoms with Gasteiger partial charge in [-0.1, -0.05) is 13.3 Å². The van der Waals surface area contributed by atoms with Crippen LogP contribution in [0, 0.1) is 5.92 Å². The minimum absolute atomic E-state index is 0.0293. The molecule has 15 heavy (non-hydrogen) atoms. The Morgan fingerprint density at radius 2 is 2.00 bits per heavy atom. The Morgan fingerprint density at radius 1 is 1.33 bits per heavy atom. The molecule has 1 aliphatic rings. The number of rotatable bonds is 4. The van der Waals surface area contributed by atoms with Gasteiger partial charge in [0.1, 0.15) is 0 Å². The summed E-state index contributed by atoms with van der Waals surface area (Å²) in [5.74, 6) is 0.243. The highest BCUT2D eigenvalue weighted by molar-refractivity contribution is 4.86. The van der Waals surface area contributed by atoms with Crippen LogP contribution in [0.3, 0.4) is 0 Å². The van der Waals surface area contributed by atoms with E-state index >= 15 is 0 Å². The van der Waals surface area contributed by atoms with Crippen molar-refractivity contribution in [1.82, 2.24) is 4.90 Å². The molecule has 2 nitrogen and oxygen atoms in total. The van der Waals surface area contributed by atoms with Gasteiger partial charge in [-0.3, -0.25) is 4.90 Å². The van der Waals surface area contributed by atoms with E-state index in [1.54, 1.807) is 6.92 Å². The van der Waals surface area contributed by atoms with Gasteiger partial charge in [-0.15, -0.1) is 0 Å². The van der Waals surface area contributed by atoms with Gasteiger partial charge in [-0.05, 0) is 31.8 Å². The van der Waals surface area contributed by atoms with Gasteiger partial charge in [0, 0.05) is 6.04 Å². The zero-order valence-corrected chi connectivity index (χ0v) is 9.06. The number of halogens is 3. The molecule has 0 aromatic carbocycles. The Balaban J connectivity index is 2.57. The van der Waals surface area contributed by atoms with Crippen LogP contribution < -0.4 is 5.73 Å². The highest BCUT2D eigenvalue weighted by Crippen LogP contribution is 2.31. The Kier molecular flexibility index (Phi) is 4.40. The second-order valence-electron chi connectivity index (χ2n) is 4.17. The van der Waals surface area contributed by atoms with E-state index in [2.05, 4.69) is 0 Å². The first-order chi connectivity index (χ1) is 6.98. The van der Waals surface area contributed by atoms with E-state index in [9.17, 15) is 13.2 Å². The van der Waals surface area contributed by atoms with Crippen molar-refractivity contribution in [1.29, 1.82) is 0 Å². The van der Waals surface area contributed by atoms with Crippen molar-refractivity contribution in [3.63, 3.8) is 0 Å². The van der Waals surface area contributed by atoms with Crippen LogP contribution in [0.1, 0.15) is 26.2 Å². The van der Waals surface area contributed by atoms with E-state index < -0.39 is 12.7 Å². The summed E-state index contributed by atoms with van der Waals surface area (Å²) in [4.78, 5) is 1.52. The summed E-state index contributed by atoms with van der Waals surface area (Å²) in [7, 11) is 0. The lowest BCUT2D eigenvalue weighted by molar-refractivity contribution is -0.151. The minimum Gasteiger partial charge on any atom is -0.330 e. The highest BCUT2D eigenvalue weighted by atomic mass is 19.4. The summed E-state index contributed by atoms with van der Waals surface area (Å²) in [5, 5.41) is 0. The van der Waals surface area contributed by atoms with Crippen LogP contribution in [-0.4, -0.2) is 36.8 Å². The van der Waals surface area contributed by atoms with E-state index in [0.717, 1.165) is 19.3 Å². The summed E-state index contributed by atoms with van der Waals surface area (Å²) in [5.41, 5.74) is 5.57. The number of hydrogen-bond acceptors (Lipinski definition) is 2. The van der Waals surface area contributed by atoms with Crippen LogP contribution in [0.25, 0.3) is 0 Å². The molecular formula is C10H19F3N2. The third kappa shape index (κ3) is 3.65. The molecule has 2 N–H and O–H groups in total. The van der Waals surface area contributed by atoms with Crippen molar-refractivity contribution < 1.29 is 13.2 Å². The number of hydrogen-bond donors (Lipinski definition) is 1. The van der Waals surface area contributed by atoms with Crippen LogP contribution in [0.15, 0.2) is 0 Å². The molecular weight excluding hydrogens is 205 g/mol. The van der Waals surface area contributed by atoms with Crippen LogP contribution >= 0.6 is 0 Å². The van der Waals surface area contributed by atoms with Crippen molar-refractivity contribution in [2.45, 2.75) is 38.4 Å². The fourth-order valence-corrected chi connectivity index (χ4v) is 2.47. The number of nitrogens with zero attached hydrogens (tertiary/aromatic N) is 1. The lowest BCUT2D eigenvalue weighted by Gasteiger charge is -2.32. The average molecular weight is 224 g/mol. The van der Waals surface area contributed by atoms with Gasteiger partial charge in [-0.2, -0.15) is 13.2 Å². The van der Waals surface area contributed by atoms with Crippen molar-refractivity contribution in [2.75, 3.05) is 19.6 Å². The molecule has 0 aliphatic heterocycles. The monoisotopic (exact) mass is 224 g/mol. The molecule has 1 rings (SSSR count). The van der Waals surface area contributed by atoms with Crippen LogP contribution in [0.5, 0.6) is 0 Å². The zero-order valence-electron chi connectivity index (χ0n) is 9.06. The summed E-state index contributed by atoms with van der Waals surface area (Å²) < 4.78 is 36.9. The summed E-state index contributed by atoms with van der Waals surface area (Å²) in [6, 6.07) is 0.0293. The lowest BCUT2D eigenvalue weighted by Crippen LogP contribution is -2.45. The molecule has 1 fully saturated rings. The normalized spacial score (nSPS) is 27.6. The van der Waals surface area contributed by atoms with Crippen LogP contribution in [-0.2, 0) is 0 Å². The van der Waals surface area contributed by atoms with Crippen molar-refractivity contribution in [2.24, 2.45) is 11.7 Å². The zero-order chi connectivity index (χ0) is 11.5. The van der Waals surface area contributed by atoms with Crippen molar-refractivity contribution in [3.05, 3.63) is 0 Å². The Morgan fingerprint density at radius 3 is 2.47 bits per heavy atom. The summed E-state index contributed by atoms with van der Waals surface area (Å²) in [6.45, 7) is 1.92. The molecule has 0 heterocycles. The van der Waals surface area contributed by atoms with E-state index in [1.165, 1.54) is 4.90 Å². The summed E-state index contributed by atoms with van der Waals surface area (Å²) in [6.07, 6.45) is -1.28. The first-order valence-electron chi connectivity index (χ1n) is 5.48. The number of alkyl halides is 3. The SMILES string of the molecule is CCN(CC(F)(F)F)C1CCCC1CN. The fraction of sp³-hybridized carbons (Fsp3) is 1.00. The highest BCUT2D eigenvalue weighted by Gasteiger charge is 2.37. The molecule has 1 aliphatic carbocycles. The molecule has 0 aromatic heterocycles. The van der Waals surface area contributed by atoms with Gasteiger partial charge < -0.3 is 5.73 Å². The van der Waals surface area contributed by atoms with E-state index in [0.29, 0.717) is 13.1 Å². The van der Waals surface area contributed by atoms with Crippen molar-refractivity contribution >= 4 is 0 Å². The van der Waals surface area contributed by atoms with Gasteiger partial charge >= 0.3 is 6.18 Å². The lowest BCUT2D eigenvalue weighted by atomic mass is 10.0. The predicted octanol–water partition coefficient (Wildman–Crippen LogP) is 2.00. The third-order valence-corrected chi connectivity index (χ3v) is 3.18. The maximum atomic E-state index is 12.3. The molecule has 0 aromatic rings. The van der Waals surface area contributed by atoms with Crippen molar-refractivity contribution in [3.8, 4) is 0 Å². The van der Waals surface area contributed by atoms with E-state index in [1.807, 2.05) is 0 Å². The first kappa shape index (κ1) is 12.8. The second kappa shape index (κ2) is 5.16. The first-order valence-corrected chi connectivity index (χ1v) is 5.48. The van der Waals surface area contributed by atoms with Gasteiger partial charge in [0.2, 0.25) is 0 Å². The Labute approximate surface area is 88.6 Å². The summed E-state index contributed by atoms with van der Waals surface area (Å²) >= 11 is 0. The predicted molar refractivity (Wildman–Crippen MR) is 53.5 cm³/mol. The van der Waals surface area contributed by atoms with Gasteiger partial charge in [-0.25, -0.2) is 0 Å². The Hall–Kier alpha value is -0.290. The maximum absolute atomic E-state index is 12.3. The molecule has 0 spiro atoms. The fourth-order valence-electron chi connectivity index (χ4n) is 2.47. The minimum atomic E-state index is -4.10. The molecule has 2 atom stereocenters. The number of nitrogens with two attached hydrogens (primary N) is 1. The molecule has 0 saturated heterocycles. The molecule has 5 heteroatoms. The average Bonchev–Trinajstić information content (AvgIpc) is 2.60. The maximum Gasteiger partial charge on any atom is 0.401 e. The van der Waals surface area contributed by atoms with Gasteiger partial charge in [0.05, 0.1) is 6.54 Å². The quantitative estimate of drug-likeness (QED) is 0.791. The molecule has 90 valence electrons. The van der Waals surface area contributed by atoms with Crippen LogP contribution in [0.2, 0.25) is 0 Å². The standard InChI is InChI=1S/C10H19F3N2/c1-2-15(7-10(11,12)13)9-5-3-4-8(9)6-14/h8-9H,2-7,14H2,1H3. The Bertz CT molecular complexity index is 194. The molecule has 0 bridgehead atoms. The third-order valence-electron chi connectivity index (χ3n) is 3.18. The van der Waals surface area contributed by atoms with Crippen LogP contribution in [0.4, 0.5) is 13.2 Å². The topological polar surface area (TPSA) is 29.3 Å². The largest absolute Gasteiger partial charge is 0.401 e. The van der Waals surface area contributed by atoms with Gasteiger partial charge in [0.25, 0.3) is 0 Å². The molecule has 1 saturated carbocycles. The molecule has 2 unspecified atom stereocenters. The van der Waals surface area contributed by atoms with Gasteiger partial charge in [0.15, 0.2) is 0 Å². The molecule has 0 radical (unpaired) electrons. The second-order valence-corrected chi connectivity index (χ2v) is 4.17.